The maximum Gasteiger partial charge on any atom is 0.122 e. The summed E-state index contributed by atoms with van der Waals surface area (Å²) < 4.78 is 5.69. The van der Waals surface area contributed by atoms with Crippen LogP contribution in [0, 0.1) is 0 Å². The molecular formula is C14H18ClNO. The molecule has 2 unspecified atom stereocenters. The van der Waals surface area contributed by atoms with Crippen LogP contribution in [0.4, 0.5) is 0 Å². The zero-order valence-electron chi connectivity index (χ0n) is 9.94. The molecule has 1 fully saturated rings. The van der Waals surface area contributed by atoms with Crippen LogP contribution in [0.25, 0.3) is 0 Å². The predicted molar refractivity (Wildman–Crippen MR) is 70.0 cm³/mol. The highest BCUT2D eigenvalue weighted by atomic mass is 35.5. The largest absolute Gasteiger partial charge is 0.493 e. The van der Waals surface area contributed by atoms with E-state index in [1.165, 1.54) is 5.56 Å². The molecule has 2 aliphatic rings. The third-order valence-corrected chi connectivity index (χ3v) is 4.13. The number of hydrogen-bond donors (Lipinski definition) is 0. The first kappa shape index (κ1) is 11.4. The van der Waals surface area contributed by atoms with E-state index in [2.05, 4.69) is 23.1 Å². The molecule has 0 N–H and O–H groups in total. The third-order valence-electron chi connectivity index (χ3n) is 3.78. The Hall–Kier alpha value is -0.730. The molecule has 0 aliphatic carbocycles. The smallest absolute Gasteiger partial charge is 0.122 e. The van der Waals surface area contributed by atoms with Gasteiger partial charge in [-0.25, -0.2) is 0 Å². The Balaban J connectivity index is 1.72. The van der Waals surface area contributed by atoms with E-state index in [0.717, 1.165) is 44.8 Å². The molecular weight excluding hydrogens is 234 g/mol. The highest BCUT2D eigenvalue weighted by molar-refractivity contribution is 6.20. The summed E-state index contributed by atoms with van der Waals surface area (Å²) in [5.74, 6) is 1.69. The Bertz CT molecular complexity index is 396. The van der Waals surface area contributed by atoms with Crippen LogP contribution in [0.5, 0.6) is 5.75 Å². The lowest BCUT2D eigenvalue weighted by Gasteiger charge is -2.29. The average Bonchev–Trinajstić information content (AvgIpc) is 2.75. The molecule has 92 valence electrons. The van der Waals surface area contributed by atoms with E-state index in [4.69, 9.17) is 16.3 Å². The SMILES string of the molecule is ClC1CCN(CC2CCOc3ccccc32)C1. The van der Waals surface area contributed by atoms with Gasteiger partial charge >= 0.3 is 0 Å². The van der Waals surface area contributed by atoms with E-state index >= 15 is 0 Å². The summed E-state index contributed by atoms with van der Waals surface area (Å²) in [6.07, 6.45) is 2.26. The third kappa shape index (κ3) is 2.43. The van der Waals surface area contributed by atoms with Crippen LogP contribution in [-0.2, 0) is 0 Å². The predicted octanol–water partition coefficient (Wildman–Crippen LogP) is 2.87. The average molecular weight is 252 g/mol. The van der Waals surface area contributed by atoms with Crippen molar-refractivity contribution in [2.24, 2.45) is 0 Å². The van der Waals surface area contributed by atoms with Gasteiger partial charge < -0.3 is 9.64 Å². The lowest BCUT2D eigenvalue weighted by Crippen LogP contribution is -2.29. The standard InChI is InChI=1S/C14H18ClNO/c15-12-5-7-16(10-12)9-11-6-8-17-14-4-2-1-3-13(11)14/h1-4,11-12H,5-10H2. The Labute approximate surface area is 108 Å². The quantitative estimate of drug-likeness (QED) is 0.750. The summed E-state index contributed by atoms with van der Waals surface area (Å²) in [5, 5.41) is 0.352. The van der Waals surface area contributed by atoms with Crippen LogP contribution >= 0.6 is 11.6 Å². The molecule has 1 aromatic carbocycles. The number of fused-ring (bicyclic) bond motifs is 1. The molecule has 1 aromatic rings. The lowest BCUT2D eigenvalue weighted by molar-refractivity contribution is 0.232. The molecule has 3 rings (SSSR count). The van der Waals surface area contributed by atoms with Crippen LogP contribution in [-0.4, -0.2) is 36.5 Å². The number of para-hydroxylation sites is 1. The summed E-state index contributed by atoms with van der Waals surface area (Å²) in [6, 6.07) is 8.43. The van der Waals surface area contributed by atoms with E-state index in [-0.39, 0.29) is 0 Å². The van der Waals surface area contributed by atoms with Crippen molar-refractivity contribution in [3.63, 3.8) is 0 Å². The lowest BCUT2D eigenvalue weighted by atomic mass is 9.93. The molecule has 0 saturated carbocycles. The van der Waals surface area contributed by atoms with Gasteiger partial charge in [0.1, 0.15) is 5.75 Å². The summed E-state index contributed by atoms with van der Waals surface area (Å²) in [6.45, 7) is 4.16. The molecule has 2 heterocycles. The van der Waals surface area contributed by atoms with Gasteiger partial charge in [-0.05, 0) is 31.0 Å². The molecule has 1 saturated heterocycles. The molecule has 2 aliphatic heterocycles. The molecule has 17 heavy (non-hydrogen) atoms. The van der Waals surface area contributed by atoms with Gasteiger partial charge in [0.15, 0.2) is 0 Å². The Kier molecular flexibility index (Phi) is 3.26. The summed E-state index contributed by atoms with van der Waals surface area (Å²) >= 11 is 6.16. The topological polar surface area (TPSA) is 12.5 Å². The Morgan fingerprint density at radius 3 is 3.00 bits per heavy atom. The normalized spacial score (nSPS) is 28.8. The summed E-state index contributed by atoms with van der Waals surface area (Å²) in [7, 11) is 0. The molecule has 3 heteroatoms. The summed E-state index contributed by atoms with van der Waals surface area (Å²) in [5.41, 5.74) is 1.37. The Morgan fingerprint density at radius 2 is 2.18 bits per heavy atom. The highest BCUT2D eigenvalue weighted by Gasteiger charge is 2.27. The fraction of sp³-hybridized carbons (Fsp3) is 0.571. The van der Waals surface area contributed by atoms with Crippen molar-refractivity contribution < 1.29 is 4.74 Å². The van der Waals surface area contributed by atoms with Crippen molar-refractivity contribution >= 4 is 11.6 Å². The second kappa shape index (κ2) is 4.87. The minimum atomic E-state index is 0.352. The van der Waals surface area contributed by atoms with Crippen LogP contribution in [0.3, 0.4) is 0 Å². The minimum absolute atomic E-state index is 0.352. The van der Waals surface area contributed by atoms with Gasteiger partial charge in [0.2, 0.25) is 0 Å². The van der Waals surface area contributed by atoms with Gasteiger partial charge in [-0.15, -0.1) is 11.6 Å². The zero-order chi connectivity index (χ0) is 11.7. The van der Waals surface area contributed by atoms with Crippen molar-refractivity contribution in [3.8, 4) is 5.75 Å². The number of halogens is 1. The van der Waals surface area contributed by atoms with Gasteiger partial charge in [0.25, 0.3) is 0 Å². The number of alkyl halides is 1. The van der Waals surface area contributed by atoms with E-state index in [1.54, 1.807) is 0 Å². The zero-order valence-corrected chi connectivity index (χ0v) is 10.7. The number of hydrogen-bond acceptors (Lipinski definition) is 2. The van der Waals surface area contributed by atoms with E-state index < -0.39 is 0 Å². The van der Waals surface area contributed by atoms with Crippen molar-refractivity contribution in [1.82, 2.24) is 4.90 Å². The molecule has 2 nitrogen and oxygen atoms in total. The number of rotatable bonds is 2. The first-order valence-corrected chi connectivity index (χ1v) is 6.85. The molecule has 0 bridgehead atoms. The molecule has 0 aromatic heterocycles. The van der Waals surface area contributed by atoms with E-state index in [9.17, 15) is 0 Å². The van der Waals surface area contributed by atoms with Gasteiger partial charge in [0.05, 0.1) is 6.61 Å². The van der Waals surface area contributed by atoms with Crippen molar-refractivity contribution in [3.05, 3.63) is 29.8 Å². The van der Waals surface area contributed by atoms with E-state index in [1.807, 2.05) is 6.07 Å². The molecule has 2 atom stereocenters. The number of likely N-dealkylation sites (tertiary alicyclic amines) is 1. The second-order valence-corrected chi connectivity index (χ2v) is 5.63. The maximum atomic E-state index is 6.16. The van der Waals surface area contributed by atoms with Gasteiger partial charge in [0, 0.05) is 24.4 Å². The minimum Gasteiger partial charge on any atom is -0.493 e. The van der Waals surface area contributed by atoms with E-state index in [0.29, 0.717) is 11.3 Å². The van der Waals surface area contributed by atoms with Crippen molar-refractivity contribution in [2.45, 2.75) is 24.1 Å². The van der Waals surface area contributed by atoms with Crippen LogP contribution < -0.4 is 4.74 Å². The number of benzene rings is 1. The van der Waals surface area contributed by atoms with Crippen LogP contribution in [0.1, 0.15) is 24.3 Å². The summed E-state index contributed by atoms with van der Waals surface area (Å²) in [4.78, 5) is 2.49. The maximum absolute atomic E-state index is 6.16. The van der Waals surface area contributed by atoms with Crippen LogP contribution in [0.2, 0.25) is 0 Å². The first-order valence-electron chi connectivity index (χ1n) is 6.41. The van der Waals surface area contributed by atoms with Crippen molar-refractivity contribution in [1.29, 1.82) is 0 Å². The molecule has 0 amide bonds. The Morgan fingerprint density at radius 1 is 1.29 bits per heavy atom. The van der Waals surface area contributed by atoms with Gasteiger partial charge in [-0.3, -0.25) is 0 Å². The number of ether oxygens (including phenoxy) is 1. The fourth-order valence-electron chi connectivity index (χ4n) is 2.87. The highest BCUT2D eigenvalue weighted by Crippen LogP contribution is 2.34. The fourth-order valence-corrected chi connectivity index (χ4v) is 3.16. The van der Waals surface area contributed by atoms with Gasteiger partial charge in [-0.2, -0.15) is 0 Å². The van der Waals surface area contributed by atoms with Gasteiger partial charge in [-0.1, -0.05) is 18.2 Å². The number of nitrogens with zero attached hydrogens (tertiary/aromatic N) is 1. The van der Waals surface area contributed by atoms with Crippen LogP contribution in [0.15, 0.2) is 24.3 Å². The molecule has 0 spiro atoms. The van der Waals surface area contributed by atoms with Crippen molar-refractivity contribution in [2.75, 3.05) is 26.2 Å². The second-order valence-electron chi connectivity index (χ2n) is 5.02. The first-order chi connectivity index (χ1) is 8.33. The monoisotopic (exact) mass is 251 g/mol. The molecule has 0 radical (unpaired) electrons.